The maximum Gasteiger partial charge on any atom is 0.340 e. The molecule has 4 aromatic carbocycles. The standard InChI is InChI=1S/C28H22O6S2.Na/c29-35(30,33-21-19-23-11-4-1-5-12-23)27-18-10-17-26(25-15-8-3-9-16-25)28(27)36(31,32)34-22-20-24-13-6-2-7-14-24;/h1-22H;. The molecule has 0 amide bonds. The molecule has 0 unspecified atom stereocenters. The van der Waals surface area contributed by atoms with E-state index < -0.39 is 30.0 Å². The SMILES string of the molecule is O=S(=O)(OC=Cc1ccccc1)c1cccc(-c2ccccc2)c1S(=O)(=O)OC=Cc1ccccc1.[Na]. The average Bonchev–Trinajstić information content (AvgIpc) is 2.90. The first kappa shape index (κ1) is 28.4. The Balaban J connectivity index is 0.00000380. The van der Waals surface area contributed by atoms with Crippen molar-refractivity contribution in [3.8, 4) is 11.1 Å². The van der Waals surface area contributed by atoms with E-state index in [2.05, 4.69) is 0 Å². The Bertz CT molecular complexity index is 1580. The van der Waals surface area contributed by atoms with E-state index in [0.29, 0.717) is 16.7 Å². The first-order valence-electron chi connectivity index (χ1n) is 10.8. The van der Waals surface area contributed by atoms with Gasteiger partial charge in [0.2, 0.25) is 0 Å². The first-order valence-corrected chi connectivity index (χ1v) is 13.7. The molecule has 0 aliphatic rings. The van der Waals surface area contributed by atoms with Crippen LogP contribution in [0.2, 0.25) is 0 Å². The fourth-order valence-electron chi connectivity index (χ4n) is 3.40. The molecule has 0 heterocycles. The summed E-state index contributed by atoms with van der Waals surface area (Å²) < 4.78 is 63.3. The quantitative estimate of drug-likeness (QED) is 0.153. The molecule has 0 fully saturated rings. The third-order valence-electron chi connectivity index (χ3n) is 5.07. The molecule has 0 aliphatic heterocycles. The van der Waals surface area contributed by atoms with Crippen molar-refractivity contribution in [1.82, 2.24) is 0 Å². The zero-order valence-electron chi connectivity index (χ0n) is 20.0. The van der Waals surface area contributed by atoms with Crippen LogP contribution in [-0.4, -0.2) is 46.4 Å². The van der Waals surface area contributed by atoms with Crippen molar-refractivity contribution >= 4 is 61.9 Å². The molecule has 1 radical (unpaired) electrons. The summed E-state index contributed by atoms with van der Waals surface area (Å²) in [6.45, 7) is 0. The van der Waals surface area contributed by atoms with E-state index in [1.807, 2.05) is 12.1 Å². The van der Waals surface area contributed by atoms with Crippen LogP contribution in [0, 0.1) is 0 Å². The molecule has 0 bridgehead atoms. The van der Waals surface area contributed by atoms with Gasteiger partial charge in [-0.3, -0.25) is 0 Å². The average molecular weight is 542 g/mol. The summed E-state index contributed by atoms with van der Waals surface area (Å²) in [6.07, 6.45) is 4.95. The van der Waals surface area contributed by atoms with Crippen LogP contribution in [0.1, 0.15) is 11.1 Å². The summed E-state index contributed by atoms with van der Waals surface area (Å²) in [5.41, 5.74) is 2.10. The monoisotopic (exact) mass is 541 g/mol. The van der Waals surface area contributed by atoms with Crippen LogP contribution in [0.5, 0.6) is 0 Å². The van der Waals surface area contributed by atoms with Gasteiger partial charge in [-0.05, 0) is 34.9 Å². The number of hydrogen-bond acceptors (Lipinski definition) is 6. The van der Waals surface area contributed by atoms with Crippen molar-refractivity contribution in [2.45, 2.75) is 9.79 Å². The first-order chi connectivity index (χ1) is 17.4. The molecule has 0 atom stereocenters. The van der Waals surface area contributed by atoms with E-state index >= 15 is 0 Å². The summed E-state index contributed by atoms with van der Waals surface area (Å²) in [6, 6.07) is 30.6. The molecule has 0 aliphatic carbocycles. The minimum atomic E-state index is -4.57. The van der Waals surface area contributed by atoms with E-state index in [9.17, 15) is 16.8 Å². The van der Waals surface area contributed by atoms with Crippen LogP contribution in [0.4, 0.5) is 0 Å². The number of rotatable bonds is 9. The Morgan fingerprint density at radius 2 is 0.973 bits per heavy atom. The van der Waals surface area contributed by atoms with Crippen molar-refractivity contribution in [1.29, 1.82) is 0 Å². The molecule has 6 nitrogen and oxygen atoms in total. The summed E-state index contributed by atoms with van der Waals surface area (Å²) in [5, 5.41) is 0. The zero-order chi connectivity index (χ0) is 25.4. The van der Waals surface area contributed by atoms with Gasteiger partial charge in [0.15, 0.2) is 0 Å². The van der Waals surface area contributed by atoms with Gasteiger partial charge in [0.1, 0.15) is 22.3 Å². The van der Waals surface area contributed by atoms with Gasteiger partial charge in [-0.1, -0.05) is 103 Å². The molecule has 4 rings (SSSR count). The molecule has 4 aromatic rings. The summed E-state index contributed by atoms with van der Waals surface area (Å²) in [7, 11) is -9.09. The van der Waals surface area contributed by atoms with Crippen LogP contribution in [0.25, 0.3) is 23.3 Å². The van der Waals surface area contributed by atoms with E-state index in [-0.39, 0.29) is 35.1 Å². The van der Waals surface area contributed by atoms with Crippen molar-refractivity contribution in [2.75, 3.05) is 0 Å². The second kappa shape index (κ2) is 12.9. The van der Waals surface area contributed by atoms with Crippen LogP contribution in [-0.2, 0) is 28.6 Å². The number of benzene rings is 4. The molecule has 183 valence electrons. The zero-order valence-corrected chi connectivity index (χ0v) is 23.6. The van der Waals surface area contributed by atoms with E-state index in [0.717, 1.165) is 12.5 Å². The molecular formula is C28H22NaO6S2. The minimum Gasteiger partial charge on any atom is -0.387 e. The van der Waals surface area contributed by atoms with Crippen molar-refractivity contribution < 1.29 is 25.2 Å². The van der Waals surface area contributed by atoms with Gasteiger partial charge >= 0.3 is 20.2 Å². The normalized spacial score (nSPS) is 11.8. The molecular weight excluding hydrogens is 519 g/mol. The predicted octanol–water partition coefficient (Wildman–Crippen LogP) is 5.73. The van der Waals surface area contributed by atoms with Crippen molar-refractivity contribution in [2.24, 2.45) is 0 Å². The predicted molar refractivity (Wildman–Crippen MR) is 145 cm³/mol. The van der Waals surface area contributed by atoms with Gasteiger partial charge in [-0.2, -0.15) is 16.8 Å². The largest absolute Gasteiger partial charge is 0.387 e. The molecule has 0 spiro atoms. The second-order valence-corrected chi connectivity index (χ2v) is 10.6. The van der Waals surface area contributed by atoms with Gasteiger partial charge in [-0.15, -0.1) is 0 Å². The van der Waals surface area contributed by atoms with Crippen LogP contribution >= 0.6 is 0 Å². The van der Waals surface area contributed by atoms with E-state index in [1.165, 1.54) is 30.4 Å². The molecule has 37 heavy (non-hydrogen) atoms. The van der Waals surface area contributed by atoms with Gasteiger partial charge in [0, 0.05) is 35.1 Å². The third-order valence-corrected chi connectivity index (χ3v) is 7.74. The molecule has 0 aromatic heterocycles. The smallest absolute Gasteiger partial charge is 0.340 e. The molecule has 0 N–H and O–H groups in total. The van der Waals surface area contributed by atoms with E-state index in [1.54, 1.807) is 78.9 Å². The van der Waals surface area contributed by atoms with Gasteiger partial charge < -0.3 is 8.37 Å². The van der Waals surface area contributed by atoms with E-state index in [4.69, 9.17) is 8.37 Å². The second-order valence-electron chi connectivity index (χ2n) is 7.53. The molecule has 0 saturated carbocycles. The van der Waals surface area contributed by atoms with Crippen LogP contribution < -0.4 is 0 Å². The Morgan fingerprint density at radius 1 is 0.514 bits per heavy atom. The Morgan fingerprint density at radius 3 is 1.49 bits per heavy atom. The number of hydrogen-bond donors (Lipinski definition) is 0. The van der Waals surface area contributed by atoms with Crippen molar-refractivity contribution in [3.05, 3.63) is 133 Å². The van der Waals surface area contributed by atoms with Crippen LogP contribution in [0.3, 0.4) is 0 Å². The topological polar surface area (TPSA) is 86.7 Å². The van der Waals surface area contributed by atoms with Gasteiger partial charge in [0.25, 0.3) is 0 Å². The Labute approximate surface area is 239 Å². The van der Waals surface area contributed by atoms with Gasteiger partial charge in [0.05, 0.1) is 0 Å². The Kier molecular flexibility index (Phi) is 9.91. The fraction of sp³-hybridized carbons (Fsp3) is 0. The fourth-order valence-corrected chi connectivity index (χ4v) is 5.97. The molecule has 0 saturated heterocycles. The summed E-state index contributed by atoms with van der Waals surface area (Å²) in [4.78, 5) is -1.04. The maximum absolute atomic E-state index is 13.4. The molecule has 9 heteroatoms. The van der Waals surface area contributed by atoms with Crippen LogP contribution in [0.15, 0.2) is 132 Å². The summed E-state index contributed by atoms with van der Waals surface area (Å²) in [5.74, 6) is 0. The Hall–Kier alpha value is -3.14. The maximum atomic E-state index is 13.4. The van der Waals surface area contributed by atoms with Gasteiger partial charge in [-0.25, -0.2) is 0 Å². The summed E-state index contributed by atoms with van der Waals surface area (Å²) >= 11 is 0. The minimum absolute atomic E-state index is 0. The third kappa shape index (κ3) is 7.44. The van der Waals surface area contributed by atoms with Crippen molar-refractivity contribution in [3.63, 3.8) is 0 Å².